The van der Waals surface area contributed by atoms with E-state index in [2.05, 4.69) is 15.7 Å². The zero-order valence-corrected chi connectivity index (χ0v) is 15.5. The lowest BCUT2D eigenvalue weighted by Gasteiger charge is -2.09. The highest BCUT2D eigenvalue weighted by Crippen LogP contribution is 2.14. The number of ether oxygens (including phenoxy) is 1. The molecule has 3 rings (SSSR count). The van der Waals surface area contributed by atoms with Gasteiger partial charge in [0.15, 0.2) is 5.82 Å². The second-order valence-corrected chi connectivity index (χ2v) is 6.19. The number of amides is 1. The molecule has 2 heterocycles. The van der Waals surface area contributed by atoms with E-state index in [0.29, 0.717) is 24.7 Å². The molecule has 1 fully saturated rings. The second kappa shape index (κ2) is 9.54. The molecule has 142 valence electrons. The van der Waals surface area contributed by atoms with E-state index in [9.17, 15) is 9.18 Å². The summed E-state index contributed by atoms with van der Waals surface area (Å²) in [6.07, 6.45) is 2.66. The minimum absolute atomic E-state index is 0. The van der Waals surface area contributed by atoms with E-state index in [1.165, 1.54) is 12.1 Å². The first-order valence-corrected chi connectivity index (χ1v) is 8.59. The monoisotopic (exact) mass is 382 g/mol. The second-order valence-electron chi connectivity index (χ2n) is 6.19. The van der Waals surface area contributed by atoms with Gasteiger partial charge in [0.05, 0.1) is 12.6 Å². The molecule has 2 N–H and O–H groups in total. The van der Waals surface area contributed by atoms with Crippen molar-refractivity contribution in [3.05, 3.63) is 41.8 Å². The van der Waals surface area contributed by atoms with Crippen LogP contribution in [0, 0.1) is 12.7 Å². The molecule has 0 spiro atoms. The number of hydrogen-bond acceptors (Lipinski definition) is 4. The third-order valence-corrected chi connectivity index (χ3v) is 4.21. The van der Waals surface area contributed by atoms with Crippen molar-refractivity contribution < 1.29 is 13.9 Å². The summed E-state index contributed by atoms with van der Waals surface area (Å²) in [6.45, 7) is 4.04. The molecule has 1 unspecified atom stereocenters. The average Bonchev–Trinajstić information content (AvgIpc) is 3.24. The Labute approximate surface area is 158 Å². The fourth-order valence-electron chi connectivity index (χ4n) is 2.85. The Hall–Kier alpha value is -2.12. The molecule has 0 saturated carbocycles. The molecule has 1 aliphatic rings. The maximum atomic E-state index is 12.8. The number of carbonyl (C=O) groups excluding carboxylic acids is 1. The van der Waals surface area contributed by atoms with E-state index >= 15 is 0 Å². The molecule has 0 radical (unpaired) electrons. The van der Waals surface area contributed by atoms with Gasteiger partial charge in [0, 0.05) is 24.7 Å². The Morgan fingerprint density at radius 1 is 1.42 bits per heavy atom. The van der Waals surface area contributed by atoms with Gasteiger partial charge in [0.1, 0.15) is 11.6 Å². The lowest BCUT2D eigenvalue weighted by atomic mass is 10.2. The van der Waals surface area contributed by atoms with Crippen LogP contribution in [0.25, 0.3) is 0 Å². The largest absolute Gasteiger partial charge is 0.494 e. The van der Waals surface area contributed by atoms with Crippen molar-refractivity contribution in [1.29, 1.82) is 0 Å². The minimum atomic E-state index is -0.276. The molecule has 0 aliphatic carbocycles. The fourth-order valence-corrected chi connectivity index (χ4v) is 2.85. The number of aromatic nitrogens is 2. The van der Waals surface area contributed by atoms with Gasteiger partial charge in [-0.3, -0.25) is 9.48 Å². The predicted octanol–water partition coefficient (Wildman–Crippen LogP) is 2.91. The lowest BCUT2D eigenvalue weighted by Crippen LogP contribution is -2.35. The number of nitrogens with one attached hydrogen (secondary N) is 2. The molecule has 1 amide bonds. The third kappa shape index (κ3) is 5.44. The lowest BCUT2D eigenvalue weighted by molar-refractivity contribution is -0.117. The molecule has 1 atom stereocenters. The van der Waals surface area contributed by atoms with Gasteiger partial charge in [-0.15, -0.1) is 12.4 Å². The van der Waals surface area contributed by atoms with Gasteiger partial charge in [-0.05, 0) is 50.6 Å². The van der Waals surface area contributed by atoms with Crippen LogP contribution in [0.3, 0.4) is 0 Å². The summed E-state index contributed by atoms with van der Waals surface area (Å²) in [5.74, 6) is 0.926. The summed E-state index contributed by atoms with van der Waals surface area (Å²) in [5.41, 5.74) is 0.983. The Kier molecular flexibility index (Phi) is 7.41. The van der Waals surface area contributed by atoms with Crippen molar-refractivity contribution in [3.63, 3.8) is 0 Å². The molecule has 1 saturated heterocycles. The Balaban J connectivity index is 0.00000243. The van der Waals surface area contributed by atoms with E-state index in [1.54, 1.807) is 12.1 Å². The molecule has 6 nitrogen and oxygen atoms in total. The molecule has 26 heavy (non-hydrogen) atoms. The van der Waals surface area contributed by atoms with Crippen molar-refractivity contribution >= 4 is 24.1 Å². The maximum Gasteiger partial charge on any atom is 0.242 e. The topological polar surface area (TPSA) is 68.2 Å². The molecule has 8 heteroatoms. The van der Waals surface area contributed by atoms with Gasteiger partial charge in [-0.2, -0.15) is 5.10 Å². The van der Waals surface area contributed by atoms with E-state index in [1.807, 2.05) is 17.7 Å². The van der Waals surface area contributed by atoms with Gasteiger partial charge >= 0.3 is 0 Å². The number of benzene rings is 1. The average molecular weight is 383 g/mol. The van der Waals surface area contributed by atoms with E-state index in [0.717, 1.165) is 31.5 Å². The summed E-state index contributed by atoms with van der Waals surface area (Å²) in [6, 6.07) is 7.73. The van der Waals surface area contributed by atoms with Gasteiger partial charge < -0.3 is 15.4 Å². The summed E-state index contributed by atoms with van der Waals surface area (Å²) < 4.78 is 20.3. The number of nitrogens with zero attached hydrogens (tertiary/aromatic N) is 2. The van der Waals surface area contributed by atoms with Gasteiger partial charge in [0.2, 0.25) is 5.91 Å². The van der Waals surface area contributed by atoms with E-state index < -0.39 is 0 Å². The smallest absolute Gasteiger partial charge is 0.242 e. The van der Waals surface area contributed by atoms with Crippen LogP contribution in [0.2, 0.25) is 0 Å². The number of anilines is 1. The molecular weight excluding hydrogens is 359 g/mol. The first-order chi connectivity index (χ1) is 12.1. The SMILES string of the molecule is Cc1cc(NC(=O)C2CCCN2)nn1CCCOc1ccc(F)cc1.Cl. The Morgan fingerprint density at radius 3 is 2.88 bits per heavy atom. The zero-order valence-electron chi connectivity index (χ0n) is 14.7. The van der Waals surface area contributed by atoms with Crippen LogP contribution in [0.1, 0.15) is 25.0 Å². The summed E-state index contributed by atoms with van der Waals surface area (Å²) >= 11 is 0. The van der Waals surface area contributed by atoms with Gasteiger partial charge in [0.25, 0.3) is 0 Å². The van der Waals surface area contributed by atoms with E-state index in [-0.39, 0.29) is 30.2 Å². The van der Waals surface area contributed by atoms with Crippen LogP contribution in [-0.4, -0.2) is 34.9 Å². The van der Waals surface area contributed by atoms with Crippen molar-refractivity contribution in [2.24, 2.45) is 0 Å². The van der Waals surface area contributed by atoms with Crippen LogP contribution >= 0.6 is 12.4 Å². The maximum absolute atomic E-state index is 12.8. The third-order valence-electron chi connectivity index (χ3n) is 4.21. The predicted molar refractivity (Wildman–Crippen MR) is 100 cm³/mol. The van der Waals surface area contributed by atoms with Crippen LogP contribution in [0.4, 0.5) is 10.2 Å². The summed E-state index contributed by atoms with van der Waals surface area (Å²) in [7, 11) is 0. The van der Waals surface area contributed by atoms with Crippen molar-refractivity contribution in [3.8, 4) is 5.75 Å². The van der Waals surface area contributed by atoms with Crippen LogP contribution in [-0.2, 0) is 11.3 Å². The Bertz CT molecular complexity index is 714. The summed E-state index contributed by atoms with van der Waals surface area (Å²) in [4.78, 5) is 12.1. The molecule has 0 bridgehead atoms. The Morgan fingerprint density at radius 2 is 2.19 bits per heavy atom. The summed E-state index contributed by atoms with van der Waals surface area (Å²) in [5, 5.41) is 10.5. The van der Waals surface area contributed by atoms with Gasteiger partial charge in [-0.1, -0.05) is 0 Å². The molecule has 1 aromatic heterocycles. The van der Waals surface area contributed by atoms with Crippen LogP contribution in [0.15, 0.2) is 30.3 Å². The highest BCUT2D eigenvalue weighted by molar-refractivity contribution is 5.94. The number of rotatable bonds is 7. The van der Waals surface area contributed by atoms with Crippen LogP contribution < -0.4 is 15.4 Å². The van der Waals surface area contributed by atoms with Crippen molar-refractivity contribution in [2.75, 3.05) is 18.5 Å². The number of hydrogen-bond donors (Lipinski definition) is 2. The normalized spacial score (nSPS) is 16.2. The van der Waals surface area contributed by atoms with Crippen molar-refractivity contribution in [2.45, 2.75) is 38.8 Å². The molecule has 1 aromatic carbocycles. The van der Waals surface area contributed by atoms with Gasteiger partial charge in [-0.25, -0.2) is 4.39 Å². The highest BCUT2D eigenvalue weighted by atomic mass is 35.5. The quantitative estimate of drug-likeness (QED) is 0.722. The fraction of sp³-hybridized carbons (Fsp3) is 0.444. The first-order valence-electron chi connectivity index (χ1n) is 8.59. The highest BCUT2D eigenvalue weighted by Gasteiger charge is 2.22. The number of aryl methyl sites for hydroxylation is 2. The first kappa shape index (κ1) is 20.2. The van der Waals surface area contributed by atoms with Crippen LogP contribution in [0.5, 0.6) is 5.75 Å². The molecule has 2 aromatic rings. The zero-order chi connectivity index (χ0) is 17.6. The van der Waals surface area contributed by atoms with Crippen molar-refractivity contribution in [1.82, 2.24) is 15.1 Å². The minimum Gasteiger partial charge on any atom is -0.494 e. The van der Waals surface area contributed by atoms with E-state index in [4.69, 9.17) is 4.74 Å². The molecular formula is C18H24ClFN4O2. The molecule has 1 aliphatic heterocycles. The number of halogens is 2. The standard InChI is InChI=1S/C18H23FN4O2.ClH/c1-13-12-17(21-18(24)16-4-2-9-20-16)22-23(13)10-3-11-25-15-7-5-14(19)6-8-15;/h5-8,12,16,20H,2-4,9-11H2,1H3,(H,21,22,24);1H. The number of carbonyl (C=O) groups is 1.